The lowest BCUT2D eigenvalue weighted by Gasteiger charge is -2.36. The van der Waals surface area contributed by atoms with Gasteiger partial charge in [-0.1, -0.05) is 6.92 Å². The number of carboxylic acids is 1. The number of rotatable bonds is 8. The molecular formula is C15H31N3O2. The van der Waals surface area contributed by atoms with Gasteiger partial charge in [0, 0.05) is 6.04 Å². The summed E-state index contributed by atoms with van der Waals surface area (Å²) in [4.78, 5) is 16.1. The van der Waals surface area contributed by atoms with E-state index in [1.165, 1.54) is 25.9 Å². The maximum Gasteiger partial charge on any atom is 0.323 e. The SMILES string of the molecule is CCN1CCC(N(C)CCCC(C)(NC)C(=O)O)CC1. The molecule has 0 aromatic heterocycles. The molecule has 2 N–H and O–H groups in total. The number of nitrogens with one attached hydrogen (secondary N) is 1. The molecule has 0 bridgehead atoms. The summed E-state index contributed by atoms with van der Waals surface area (Å²) in [5.41, 5.74) is -0.799. The highest BCUT2D eigenvalue weighted by Gasteiger charge is 2.30. The van der Waals surface area contributed by atoms with Crippen LogP contribution in [0, 0.1) is 0 Å². The van der Waals surface area contributed by atoms with Crippen LogP contribution in [0.1, 0.15) is 39.5 Å². The van der Waals surface area contributed by atoms with Crippen LogP contribution in [-0.2, 0) is 4.79 Å². The molecule has 0 aromatic carbocycles. The highest BCUT2D eigenvalue weighted by Crippen LogP contribution is 2.17. The first-order valence-electron chi connectivity index (χ1n) is 7.78. The molecule has 0 aromatic rings. The van der Waals surface area contributed by atoms with Crippen molar-refractivity contribution in [1.29, 1.82) is 0 Å². The number of carboxylic acid groups (broad SMARTS) is 1. The monoisotopic (exact) mass is 285 g/mol. The average molecular weight is 285 g/mol. The fourth-order valence-electron chi connectivity index (χ4n) is 2.88. The number of nitrogens with zero attached hydrogens (tertiary/aromatic N) is 2. The van der Waals surface area contributed by atoms with Gasteiger partial charge in [0.15, 0.2) is 0 Å². The van der Waals surface area contributed by atoms with E-state index in [4.69, 9.17) is 0 Å². The highest BCUT2D eigenvalue weighted by molar-refractivity contribution is 5.78. The third-order valence-corrected chi connectivity index (χ3v) is 4.84. The molecule has 1 saturated heterocycles. The molecule has 0 saturated carbocycles. The third kappa shape index (κ3) is 4.72. The smallest absolute Gasteiger partial charge is 0.323 e. The number of hydrogen-bond donors (Lipinski definition) is 2. The fourth-order valence-corrected chi connectivity index (χ4v) is 2.88. The van der Waals surface area contributed by atoms with Crippen molar-refractivity contribution in [3.8, 4) is 0 Å². The molecule has 1 unspecified atom stereocenters. The minimum atomic E-state index is -0.799. The minimum Gasteiger partial charge on any atom is -0.480 e. The molecule has 5 heteroatoms. The van der Waals surface area contributed by atoms with Crippen LogP contribution >= 0.6 is 0 Å². The van der Waals surface area contributed by atoms with Gasteiger partial charge < -0.3 is 20.2 Å². The van der Waals surface area contributed by atoms with Crippen LogP contribution in [0.4, 0.5) is 0 Å². The summed E-state index contributed by atoms with van der Waals surface area (Å²) >= 11 is 0. The second-order valence-electron chi connectivity index (χ2n) is 6.14. The highest BCUT2D eigenvalue weighted by atomic mass is 16.4. The number of piperidine rings is 1. The van der Waals surface area contributed by atoms with Crippen LogP contribution in [0.15, 0.2) is 0 Å². The summed E-state index contributed by atoms with van der Waals surface area (Å²) in [6.45, 7) is 8.48. The number of likely N-dealkylation sites (tertiary alicyclic amines) is 1. The first-order valence-corrected chi connectivity index (χ1v) is 7.78. The molecule has 118 valence electrons. The van der Waals surface area contributed by atoms with Crippen LogP contribution < -0.4 is 5.32 Å². The molecule has 0 amide bonds. The van der Waals surface area contributed by atoms with Crippen LogP contribution in [-0.4, -0.2) is 72.7 Å². The summed E-state index contributed by atoms with van der Waals surface area (Å²) in [7, 11) is 3.89. The Bertz CT molecular complexity index is 303. The van der Waals surface area contributed by atoms with Crippen molar-refractivity contribution in [2.45, 2.75) is 51.1 Å². The minimum absolute atomic E-state index is 0.656. The molecular weight excluding hydrogens is 254 g/mol. The van der Waals surface area contributed by atoms with Crippen molar-refractivity contribution in [2.75, 3.05) is 40.3 Å². The molecule has 0 spiro atoms. The molecule has 20 heavy (non-hydrogen) atoms. The van der Waals surface area contributed by atoms with Gasteiger partial charge in [-0.2, -0.15) is 0 Å². The quantitative estimate of drug-likeness (QED) is 0.703. The maximum absolute atomic E-state index is 11.2. The predicted octanol–water partition coefficient (Wildman–Crippen LogP) is 1.25. The lowest BCUT2D eigenvalue weighted by molar-refractivity contribution is -0.144. The molecule has 1 rings (SSSR count). The Morgan fingerprint density at radius 3 is 2.50 bits per heavy atom. The molecule has 0 aliphatic carbocycles. The normalized spacial score (nSPS) is 21.1. The molecule has 0 radical (unpaired) electrons. The standard InChI is InChI=1S/C15H31N3O2/c1-5-18-11-7-13(8-12-18)17(4)10-6-9-15(2,16-3)14(19)20/h13,16H,5-12H2,1-4H3,(H,19,20). The van der Waals surface area contributed by atoms with E-state index in [-0.39, 0.29) is 0 Å². The molecule has 1 aliphatic rings. The number of hydrogen-bond acceptors (Lipinski definition) is 4. The zero-order chi connectivity index (χ0) is 15.2. The van der Waals surface area contributed by atoms with Gasteiger partial charge in [0.05, 0.1) is 0 Å². The maximum atomic E-state index is 11.2. The van der Waals surface area contributed by atoms with Gasteiger partial charge in [0.1, 0.15) is 5.54 Å². The van der Waals surface area contributed by atoms with Gasteiger partial charge in [-0.3, -0.25) is 4.79 Å². The second kappa shape index (κ2) is 7.96. The molecule has 1 aliphatic heterocycles. The third-order valence-electron chi connectivity index (χ3n) is 4.84. The Labute approximate surface area is 123 Å². The Kier molecular flexibility index (Phi) is 6.92. The first kappa shape index (κ1) is 17.4. The van der Waals surface area contributed by atoms with Gasteiger partial charge in [0.2, 0.25) is 0 Å². The second-order valence-corrected chi connectivity index (χ2v) is 6.14. The molecule has 5 nitrogen and oxygen atoms in total. The van der Waals surface area contributed by atoms with Gasteiger partial charge in [-0.25, -0.2) is 0 Å². The Morgan fingerprint density at radius 1 is 1.45 bits per heavy atom. The van der Waals surface area contributed by atoms with Crippen LogP contribution in [0.3, 0.4) is 0 Å². The predicted molar refractivity (Wildman–Crippen MR) is 82.1 cm³/mol. The van der Waals surface area contributed by atoms with E-state index in [0.29, 0.717) is 12.5 Å². The van der Waals surface area contributed by atoms with Crippen molar-refractivity contribution in [3.63, 3.8) is 0 Å². The number of carbonyl (C=O) groups is 1. The van der Waals surface area contributed by atoms with E-state index in [1.807, 2.05) is 0 Å². The van der Waals surface area contributed by atoms with Gasteiger partial charge in [0.25, 0.3) is 0 Å². The number of likely N-dealkylation sites (N-methyl/N-ethyl adjacent to an activating group) is 1. The van der Waals surface area contributed by atoms with E-state index in [9.17, 15) is 9.90 Å². The zero-order valence-electron chi connectivity index (χ0n) is 13.5. The molecule has 1 atom stereocenters. The fraction of sp³-hybridized carbons (Fsp3) is 0.933. The Morgan fingerprint density at radius 2 is 2.05 bits per heavy atom. The first-order chi connectivity index (χ1) is 9.42. The lowest BCUT2D eigenvalue weighted by Crippen LogP contribution is -2.48. The van der Waals surface area contributed by atoms with Crippen LogP contribution in [0.25, 0.3) is 0 Å². The van der Waals surface area contributed by atoms with Gasteiger partial charge in [-0.15, -0.1) is 0 Å². The Balaban J connectivity index is 2.30. The summed E-state index contributed by atoms with van der Waals surface area (Å²) < 4.78 is 0. The largest absolute Gasteiger partial charge is 0.480 e. The summed E-state index contributed by atoms with van der Waals surface area (Å²) in [5, 5.41) is 12.1. The van der Waals surface area contributed by atoms with E-state index >= 15 is 0 Å². The van der Waals surface area contributed by atoms with E-state index in [2.05, 4.69) is 29.1 Å². The van der Waals surface area contributed by atoms with Crippen molar-refractivity contribution in [3.05, 3.63) is 0 Å². The zero-order valence-corrected chi connectivity index (χ0v) is 13.5. The van der Waals surface area contributed by atoms with Gasteiger partial charge >= 0.3 is 5.97 Å². The van der Waals surface area contributed by atoms with E-state index in [1.54, 1.807) is 14.0 Å². The van der Waals surface area contributed by atoms with Crippen molar-refractivity contribution >= 4 is 5.97 Å². The molecule has 1 fully saturated rings. The van der Waals surface area contributed by atoms with Crippen molar-refractivity contribution in [2.24, 2.45) is 0 Å². The van der Waals surface area contributed by atoms with Crippen molar-refractivity contribution in [1.82, 2.24) is 15.1 Å². The van der Waals surface area contributed by atoms with E-state index in [0.717, 1.165) is 19.5 Å². The van der Waals surface area contributed by atoms with Gasteiger partial charge in [-0.05, 0) is 72.9 Å². The number of aliphatic carboxylic acids is 1. The van der Waals surface area contributed by atoms with Crippen molar-refractivity contribution < 1.29 is 9.90 Å². The summed E-state index contributed by atoms with van der Waals surface area (Å²) in [5.74, 6) is -0.765. The summed E-state index contributed by atoms with van der Waals surface area (Å²) in [6.07, 6.45) is 4.03. The Hall–Kier alpha value is -0.650. The van der Waals surface area contributed by atoms with Crippen LogP contribution in [0.2, 0.25) is 0 Å². The lowest BCUT2D eigenvalue weighted by atomic mass is 9.95. The topological polar surface area (TPSA) is 55.8 Å². The summed E-state index contributed by atoms with van der Waals surface area (Å²) in [6, 6.07) is 0.656. The molecule has 1 heterocycles. The average Bonchev–Trinajstić information content (AvgIpc) is 2.46. The van der Waals surface area contributed by atoms with Crippen LogP contribution in [0.5, 0.6) is 0 Å². The van der Waals surface area contributed by atoms with E-state index < -0.39 is 11.5 Å².